The predicted octanol–water partition coefficient (Wildman–Crippen LogP) is 2.37. The highest BCUT2D eigenvalue weighted by Crippen LogP contribution is 2.26. The molecule has 1 fully saturated rings. The van der Waals surface area contributed by atoms with Crippen LogP contribution in [0.15, 0.2) is 0 Å². The lowest BCUT2D eigenvalue weighted by Crippen LogP contribution is -2.45. The fourth-order valence-corrected chi connectivity index (χ4v) is 2.21. The van der Waals surface area contributed by atoms with E-state index in [2.05, 4.69) is 31.4 Å². The number of carbonyl (C=O) groups is 1. The lowest BCUT2D eigenvalue weighted by Gasteiger charge is -2.34. The van der Waals surface area contributed by atoms with E-state index in [9.17, 15) is 4.79 Å². The molecule has 0 radical (unpaired) electrons. The molecule has 120 valence electrons. The minimum atomic E-state index is -0.343. The summed E-state index contributed by atoms with van der Waals surface area (Å²) in [7, 11) is 0. The first kappa shape index (κ1) is 19.7. The summed E-state index contributed by atoms with van der Waals surface area (Å²) in [6.07, 6.45) is 2.90. The van der Waals surface area contributed by atoms with Crippen LogP contribution < -0.4 is 10.6 Å². The molecule has 4 nitrogen and oxygen atoms in total. The van der Waals surface area contributed by atoms with E-state index < -0.39 is 0 Å². The summed E-state index contributed by atoms with van der Waals surface area (Å²) in [6, 6.07) is 0. The Morgan fingerprint density at radius 3 is 2.45 bits per heavy atom. The van der Waals surface area contributed by atoms with Gasteiger partial charge in [-0.15, -0.1) is 12.4 Å². The first-order chi connectivity index (χ1) is 8.93. The Morgan fingerprint density at radius 2 is 1.90 bits per heavy atom. The second-order valence-corrected chi connectivity index (χ2v) is 6.47. The summed E-state index contributed by atoms with van der Waals surface area (Å²) in [5.41, 5.74) is 0.235. The Morgan fingerprint density at radius 1 is 1.30 bits per heavy atom. The molecule has 0 aromatic rings. The molecule has 0 aromatic heterocycles. The van der Waals surface area contributed by atoms with Crippen LogP contribution in [0.2, 0.25) is 0 Å². The lowest BCUT2D eigenvalue weighted by atomic mass is 9.81. The van der Waals surface area contributed by atoms with Gasteiger partial charge in [-0.05, 0) is 50.6 Å². The van der Waals surface area contributed by atoms with Crippen LogP contribution in [-0.2, 0) is 9.53 Å². The van der Waals surface area contributed by atoms with Crippen LogP contribution in [0.25, 0.3) is 0 Å². The molecular weight excluding hydrogens is 276 g/mol. The molecule has 2 N–H and O–H groups in total. The van der Waals surface area contributed by atoms with E-state index >= 15 is 0 Å². The van der Waals surface area contributed by atoms with E-state index in [4.69, 9.17) is 4.74 Å². The maximum absolute atomic E-state index is 12.0. The van der Waals surface area contributed by atoms with Crippen molar-refractivity contribution in [1.29, 1.82) is 0 Å². The first-order valence-corrected chi connectivity index (χ1v) is 7.53. The monoisotopic (exact) mass is 306 g/mol. The third-order valence-electron chi connectivity index (χ3n) is 3.93. The molecule has 1 saturated heterocycles. The second-order valence-electron chi connectivity index (χ2n) is 6.47. The Bertz CT molecular complexity index is 279. The van der Waals surface area contributed by atoms with E-state index in [0.717, 1.165) is 38.9 Å². The summed E-state index contributed by atoms with van der Waals surface area (Å²) in [5.74, 6) is 0.632. The molecule has 20 heavy (non-hydrogen) atoms. The Balaban J connectivity index is 0.00000361. The summed E-state index contributed by atoms with van der Waals surface area (Å²) in [4.78, 5) is 12.0. The summed E-state index contributed by atoms with van der Waals surface area (Å²) < 4.78 is 5.56. The number of hydrogen-bond acceptors (Lipinski definition) is 3. The van der Waals surface area contributed by atoms with Crippen LogP contribution in [0.3, 0.4) is 0 Å². The molecule has 1 heterocycles. The van der Waals surface area contributed by atoms with Gasteiger partial charge in [0.1, 0.15) is 6.10 Å². The zero-order valence-electron chi connectivity index (χ0n) is 13.3. The van der Waals surface area contributed by atoms with Gasteiger partial charge < -0.3 is 15.4 Å². The minimum Gasteiger partial charge on any atom is -0.369 e. The first-order valence-electron chi connectivity index (χ1n) is 7.53. The van der Waals surface area contributed by atoms with Crippen molar-refractivity contribution in [3.63, 3.8) is 0 Å². The summed E-state index contributed by atoms with van der Waals surface area (Å²) in [6.45, 7) is 11.9. The average molecular weight is 307 g/mol. The van der Waals surface area contributed by atoms with E-state index in [0.29, 0.717) is 12.5 Å². The quantitative estimate of drug-likeness (QED) is 0.759. The molecule has 0 saturated carbocycles. The molecule has 1 rings (SSSR count). The van der Waals surface area contributed by atoms with Gasteiger partial charge in [-0.25, -0.2) is 0 Å². The summed E-state index contributed by atoms with van der Waals surface area (Å²) in [5, 5.41) is 6.39. The largest absolute Gasteiger partial charge is 0.369 e. The molecule has 1 aliphatic rings. The van der Waals surface area contributed by atoms with Crippen LogP contribution in [-0.4, -0.2) is 38.3 Å². The van der Waals surface area contributed by atoms with Gasteiger partial charge in [0.15, 0.2) is 0 Å². The number of amides is 1. The number of rotatable bonds is 7. The Kier molecular flexibility index (Phi) is 9.43. The highest BCUT2D eigenvalue weighted by Gasteiger charge is 2.27. The number of carbonyl (C=O) groups excluding carboxylic acids is 1. The molecule has 0 spiro atoms. The number of piperidine rings is 1. The number of ether oxygens (including phenoxy) is 1. The van der Waals surface area contributed by atoms with Crippen LogP contribution in [0, 0.1) is 11.3 Å². The third kappa shape index (κ3) is 7.46. The maximum Gasteiger partial charge on any atom is 0.248 e. The fourth-order valence-electron chi connectivity index (χ4n) is 2.21. The minimum absolute atomic E-state index is 0. The van der Waals surface area contributed by atoms with Gasteiger partial charge >= 0.3 is 0 Å². The van der Waals surface area contributed by atoms with Gasteiger partial charge in [0, 0.05) is 13.2 Å². The van der Waals surface area contributed by atoms with Crippen molar-refractivity contribution in [2.45, 2.75) is 53.1 Å². The van der Waals surface area contributed by atoms with Gasteiger partial charge in [-0.2, -0.15) is 0 Å². The van der Waals surface area contributed by atoms with Crippen molar-refractivity contribution in [1.82, 2.24) is 10.6 Å². The van der Waals surface area contributed by atoms with Crippen molar-refractivity contribution in [2.24, 2.45) is 11.3 Å². The fraction of sp³-hybridized carbons (Fsp3) is 0.933. The standard InChI is InChI=1S/C15H30N2O2.ClH/c1-12(2)5-10-19-13(3)14(18)17-11-15(4)6-8-16-9-7-15;/h12-13,16H,5-11H2,1-4H3,(H,17,18);1H. The average Bonchev–Trinajstić information content (AvgIpc) is 2.36. The third-order valence-corrected chi connectivity index (χ3v) is 3.93. The van der Waals surface area contributed by atoms with Crippen molar-refractivity contribution in [3.8, 4) is 0 Å². The van der Waals surface area contributed by atoms with Crippen LogP contribution in [0.5, 0.6) is 0 Å². The molecule has 1 atom stereocenters. The molecular formula is C15H31ClN2O2. The molecule has 1 unspecified atom stereocenters. The van der Waals surface area contributed by atoms with E-state index in [-0.39, 0.29) is 29.8 Å². The van der Waals surface area contributed by atoms with Crippen LogP contribution >= 0.6 is 12.4 Å². The number of halogens is 1. The van der Waals surface area contributed by atoms with Crippen molar-refractivity contribution < 1.29 is 9.53 Å². The van der Waals surface area contributed by atoms with Crippen molar-refractivity contribution in [3.05, 3.63) is 0 Å². The Labute approximate surface area is 129 Å². The highest BCUT2D eigenvalue weighted by molar-refractivity contribution is 5.85. The molecule has 0 aliphatic carbocycles. The van der Waals surface area contributed by atoms with Gasteiger partial charge in [-0.1, -0.05) is 20.8 Å². The lowest BCUT2D eigenvalue weighted by molar-refractivity contribution is -0.132. The van der Waals surface area contributed by atoms with Crippen molar-refractivity contribution in [2.75, 3.05) is 26.2 Å². The van der Waals surface area contributed by atoms with Gasteiger partial charge in [-0.3, -0.25) is 4.79 Å². The van der Waals surface area contributed by atoms with Crippen LogP contribution in [0.1, 0.15) is 47.0 Å². The van der Waals surface area contributed by atoms with E-state index in [1.54, 1.807) is 0 Å². The smallest absolute Gasteiger partial charge is 0.248 e. The van der Waals surface area contributed by atoms with Crippen LogP contribution in [0.4, 0.5) is 0 Å². The van der Waals surface area contributed by atoms with Crippen molar-refractivity contribution >= 4 is 18.3 Å². The zero-order chi connectivity index (χ0) is 14.3. The molecule has 5 heteroatoms. The number of nitrogens with one attached hydrogen (secondary N) is 2. The zero-order valence-corrected chi connectivity index (χ0v) is 14.1. The van der Waals surface area contributed by atoms with E-state index in [1.807, 2.05) is 6.92 Å². The van der Waals surface area contributed by atoms with Gasteiger partial charge in [0.25, 0.3) is 0 Å². The van der Waals surface area contributed by atoms with Gasteiger partial charge in [0.2, 0.25) is 5.91 Å². The summed E-state index contributed by atoms with van der Waals surface area (Å²) >= 11 is 0. The Hall–Kier alpha value is -0.320. The SMILES string of the molecule is CC(C)CCOC(C)C(=O)NCC1(C)CCNCC1.Cl. The van der Waals surface area contributed by atoms with Gasteiger partial charge in [0.05, 0.1) is 0 Å². The topological polar surface area (TPSA) is 50.4 Å². The predicted molar refractivity (Wildman–Crippen MR) is 85.3 cm³/mol. The second kappa shape index (κ2) is 9.59. The molecule has 0 bridgehead atoms. The highest BCUT2D eigenvalue weighted by atomic mass is 35.5. The van der Waals surface area contributed by atoms with E-state index in [1.165, 1.54) is 0 Å². The molecule has 1 aliphatic heterocycles. The maximum atomic E-state index is 12.0. The molecule has 0 aromatic carbocycles. The number of hydrogen-bond donors (Lipinski definition) is 2. The molecule has 1 amide bonds. The normalized spacial score (nSPS) is 19.2.